The third kappa shape index (κ3) is 3.35. The van der Waals surface area contributed by atoms with Gasteiger partial charge in [-0.3, -0.25) is 9.59 Å². The summed E-state index contributed by atoms with van der Waals surface area (Å²) in [5.41, 5.74) is 0.876. The molecule has 0 aliphatic carbocycles. The Balaban J connectivity index is 1.68. The zero-order valence-electron chi connectivity index (χ0n) is 13.9. The molecule has 0 radical (unpaired) electrons. The fraction of sp³-hybridized carbons (Fsp3) is 0.471. The van der Waals surface area contributed by atoms with Crippen molar-refractivity contribution in [1.82, 2.24) is 10.2 Å². The minimum Gasteiger partial charge on any atom is -0.467 e. The van der Waals surface area contributed by atoms with Crippen molar-refractivity contribution in [3.05, 3.63) is 35.9 Å². The zero-order valence-corrected chi connectivity index (χ0v) is 15.5. The van der Waals surface area contributed by atoms with E-state index in [9.17, 15) is 14.4 Å². The first-order chi connectivity index (χ1) is 11.8. The van der Waals surface area contributed by atoms with Crippen molar-refractivity contribution < 1.29 is 19.1 Å². The van der Waals surface area contributed by atoms with Gasteiger partial charge in [0.15, 0.2) is 6.04 Å². The van der Waals surface area contributed by atoms with Crippen molar-refractivity contribution in [3.8, 4) is 0 Å². The molecule has 0 bridgehead atoms. The largest absolute Gasteiger partial charge is 0.467 e. The number of alkyl halides is 1. The Morgan fingerprint density at radius 1 is 1.40 bits per heavy atom. The minimum absolute atomic E-state index is 0.204. The number of esters is 1. The molecule has 3 rings (SSSR count). The van der Waals surface area contributed by atoms with Crippen LogP contribution in [0.5, 0.6) is 0 Å². The average Bonchev–Trinajstić information content (AvgIpc) is 2.59. The van der Waals surface area contributed by atoms with E-state index < -0.39 is 22.9 Å². The van der Waals surface area contributed by atoms with Crippen LogP contribution in [0.4, 0.5) is 0 Å². The van der Waals surface area contributed by atoms with Crippen molar-refractivity contribution in [3.63, 3.8) is 0 Å². The van der Waals surface area contributed by atoms with Crippen LogP contribution < -0.4 is 5.32 Å². The van der Waals surface area contributed by atoms with Gasteiger partial charge in [-0.05, 0) is 12.5 Å². The lowest BCUT2D eigenvalue weighted by atomic mass is 9.94. The molecule has 0 unspecified atom stereocenters. The number of nitrogens with one attached hydrogen (secondary N) is 1. The molecule has 2 saturated heterocycles. The number of thioether (sulfide) groups is 1. The van der Waals surface area contributed by atoms with Crippen molar-refractivity contribution in [1.29, 1.82) is 0 Å². The molecule has 0 aromatic heterocycles. The molecule has 6 nitrogen and oxygen atoms in total. The van der Waals surface area contributed by atoms with Crippen molar-refractivity contribution in [2.75, 3.05) is 12.9 Å². The smallest absolute Gasteiger partial charge is 0.330 e. The van der Waals surface area contributed by atoms with Crippen LogP contribution in [0, 0.1) is 0 Å². The molecule has 1 aromatic carbocycles. The predicted octanol–water partition coefficient (Wildman–Crippen LogP) is 1.17. The van der Waals surface area contributed by atoms with Crippen LogP contribution in [0.2, 0.25) is 0 Å². The van der Waals surface area contributed by atoms with E-state index in [1.54, 1.807) is 6.92 Å². The van der Waals surface area contributed by atoms with Crippen LogP contribution in [0.3, 0.4) is 0 Å². The van der Waals surface area contributed by atoms with Gasteiger partial charge in [-0.1, -0.05) is 30.3 Å². The highest BCUT2D eigenvalue weighted by Gasteiger charge is 2.61. The van der Waals surface area contributed by atoms with Crippen LogP contribution in [0.25, 0.3) is 0 Å². The van der Waals surface area contributed by atoms with Crippen LogP contribution in [0.1, 0.15) is 12.5 Å². The maximum absolute atomic E-state index is 12.5. The molecule has 1 N–H and O–H groups in total. The summed E-state index contributed by atoms with van der Waals surface area (Å²) >= 11 is 7.89. The van der Waals surface area contributed by atoms with Crippen molar-refractivity contribution in [2.45, 2.75) is 35.7 Å². The highest BCUT2D eigenvalue weighted by Crippen LogP contribution is 2.45. The molecule has 2 aliphatic rings. The number of fused-ring (bicyclic) bond motifs is 1. The number of carbonyl (C=O) groups is 3. The van der Waals surface area contributed by atoms with Gasteiger partial charge < -0.3 is 15.0 Å². The number of carbonyl (C=O) groups excluding carboxylic acids is 3. The average molecular weight is 383 g/mol. The number of nitrogens with zero attached hydrogens (tertiary/aromatic N) is 1. The topological polar surface area (TPSA) is 75.7 Å². The summed E-state index contributed by atoms with van der Waals surface area (Å²) in [6, 6.07) is 7.83. The Morgan fingerprint density at radius 2 is 2.08 bits per heavy atom. The second-order valence-electron chi connectivity index (χ2n) is 6.36. The number of rotatable bonds is 4. The van der Waals surface area contributed by atoms with E-state index >= 15 is 0 Å². The Kier molecular flexibility index (Phi) is 4.97. The second kappa shape index (κ2) is 6.88. The van der Waals surface area contributed by atoms with E-state index in [1.807, 2.05) is 30.3 Å². The van der Waals surface area contributed by atoms with Crippen LogP contribution in [-0.2, 0) is 25.5 Å². The van der Waals surface area contributed by atoms with Crippen LogP contribution in [0.15, 0.2) is 30.3 Å². The molecule has 4 atom stereocenters. The lowest BCUT2D eigenvalue weighted by molar-refractivity contribution is -0.165. The molecule has 8 heteroatoms. The summed E-state index contributed by atoms with van der Waals surface area (Å²) in [6.07, 6.45) is 0.204. The summed E-state index contributed by atoms with van der Waals surface area (Å²) in [5.74, 6) is -0.585. The Labute approximate surface area is 155 Å². The summed E-state index contributed by atoms with van der Waals surface area (Å²) < 4.78 is 4.81. The third-order valence-electron chi connectivity index (χ3n) is 4.41. The number of hydrogen-bond donors (Lipinski definition) is 1. The van der Waals surface area contributed by atoms with Crippen molar-refractivity contribution in [2.24, 2.45) is 0 Å². The van der Waals surface area contributed by atoms with E-state index in [4.69, 9.17) is 16.3 Å². The lowest BCUT2D eigenvalue weighted by Crippen LogP contribution is -2.78. The lowest BCUT2D eigenvalue weighted by Gasteiger charge is -2.56. The maximum atomic E-state index is 12.5. The molecule has 1 aromatic rings. The van der Waals surface area contributed by atoms with Gasteiger partial charge in [0.1, 0.15) is 11.4 Å². The molecule has 0 spiro atoms. The monoisotopic (exact) mass is 382 g/mol. The molecule has 2 heterocycles. The van der Waals surface area contributed by atoms with E-state index in [1.165, 1.54) is 23.8 Å². The maximum Gasteiger partial charge on any atom is 0.330 e. The molecular formula is C17H19ClN2O4S. The highest BCUT2D eigenvalue weighted by atomic mass is 35.5. The van der Waals surface area contributed by atoms with Crippen LogP contribution in [-0.4, -0.2) is 57.9 Å². The fourth-order valence-corrected chi connectivity index (χ4v) is 4.96. The first kappa shape index (κ1) is 18.1. The molecule has 25 heavy (non-hydrogen) atoms. The van der Waals surface area contributed by atoms with Gasteiger partial charge in [-0.2, -0.15) is 0 Å². The summed E-state index contributed by atoms with van der Waals surface area (Å²) in [4.78, 5) is 37.4. The highest BCUT2D eigenvalue weighted by molar-refractivity contribution is 8.00. The Bertz CT molecular complexity index is 697. The fourth-order valence-electron chi connectivity index (χ4n) is 3.16. The normalized spacial score (nSPS) is 30.9. The van der Waals surface area contributed by atoms with Gasteiger partial charge in [0.05, 0.1) is 18.4 Å². The number of amides is 2. The molecule has 134 valence electrons. The molecule has 0 saturated carbocycles. The molecular weight excluding hydrogens is 364 g/mol. The molecule has 2 aliphatic heterocycles. The van der Waals surface area contributed by atoms with Gasteiger partial charge in [0.2, 0.25) is 11.8 Å². The number of methoxy groups -OCH3 is 1. The standard InChI is InChI=1S/C17H19ClN2O4S/c1-17(18)9-25-15-12(14(22)20(15)13(17)16(23)24-2)19-11(21)8-10-6-4-3-5-7-10/h3-7,12-13,15H,8-9H2,1-2H3,(H,19,21)/t12-,13+,15+,17-/m1/s1. The number of β-lactam (4-membered cyclic amide) rings is 1. The first-order valence-electron chi connectivity index (χ1n) is 7.89. The SMILES string of the molecule is COC(=O)[C@@H]1N2C(=O)[C@@H](NC(=O)Cc3ccccc3)[C@@H]2SC[C@@]1(C)Cl. The van der Waals surface area contributed by atoms with E-state index in [0.717, 1.165) is 5.56 Å². The van der Waals surface area contributed by atoms with Gasteiger partial charge in [-0.25, -0.2) is 4.79 Å². The third-order valence-corrected chi connectivity index (χ3v) is 6.52. The Hall–Kier alpha value is -1.73. The molecule has 2 amide bonds. The summed E-state index contributed by atoms with van der Waals surface area (Å²) in [5, 5.41) is 2.47. The van der Waals surface area contributed by atoms with Crippen molar-refractivity contribution >= 4 is 41.1 Å². The van der Waals surface area contributed by atoms with Gasteiger partial charge in [0, 0.05) is 5.75 Å². The quantitative estimate of drug-likeness (QED) is 0.480. The number of hydrogen-bond acceptors (Lipinski definition) is 5. The second-order valence-corrected chi connectivity index (χ2v) is 8.33. The van der Waals surface area contributed by atoms with Crippen LogP contribution >= 0.6 is 23.4 Å². The van der Waals surface area contributed by atoms with E-state index in [-0.39, 0.29) is 23.6 Å². The first-order valence-corrected chi connectivity index (χ1v) is 9.31. The summed E-state index contributed by atoms with van der Waals surface area (Å²) in [6.45, 7) is 1.72. The van der Waals surface area contributed by atoms with Gasteiger partial charge in [-0.15, -0.1) is 23.4 Å². The molecule has 2 fully saturated rings. The zero-order chi connectivity index (χ0) is 18.2. The Morgan fingerprint density at radius 3 is 2.72 bits per heavy atom. The summed E-state index contributed by atoms with van der Waals surface area (Å²) in [7, 11) is 1.27. The number of halogens is 1. The number of ether oxygens (including phenoxy) is 1. The van der Waals surface area contributed by atoms with E-state index in [0.29, 0.717) is 5.75 Å². The number of benzene rings is 1. The van der Waals surface area contributed by atoms with E-state index in [2.05, 4.69) is 5.32 Å². The minimum atomic E-state index is -0.900. The van der Waals surface area contributed by atoms with Gasteiger partial charge >= 0.3 is 5.97 Å². The predicted molar refractivity (Wildman–Crippen MR) is 95.2 cm³/mol. The van der Waals surface area contributed by atoms with Gasteiger partial charge in [0.25, 0.3) is 0 Å².